The van der Waals surface area contributed by atoms with E-state index in [0.717, 1.165) is 12.5 Å². The number of carbonyl (C=O) groups is 1. The van der Waals surface area contributed by atoms with Crippen LogP contribution in [0.5, 0.6) is 0 Å². The lowest BCUT2D eigenvalue weighted by Gasteiger charge is -2.07. The smallest absolute Gasteiger partial charge is 0.339 e. The Hall–Kier alpha value is -1.28. The summed E-state index contributed by atoms with van der Waals surface area (Å²) in [5.41, 5.74) is 5.31. The number of nitrogens with two attached hydrogens (primary N) is 1. The Morgan fingerprint density at radius 2 is 2.06 bits per heavy atom. The molecule has 6 nitrogen and oxygen atoms in total. The molecule has 96 valence electrons. The van der Waals surface area contributed by atoms with Crippen molar-refractivity contribution in [2.24, 2.45) is 5.73 Å². The summed E-state index contributed by atoms with van der Waals surface area (Å²) in [6, 6.07) is 0. The molecule has 3 N–H and O–H groups in total. The lowest BCUT2D eigenvalue weighted by Crippen LogP contribution is -2.20. The maximum absolute atomic E-state index is 11.4. The largest absolute Gasteiger partial charge is 0.465 e. The highest BCUT2D eigenvalue weighted by molar-refractivity contribution is 9.12. The zero-order valence-electron chi connectivity index (χ0n) is 9.36. The van der Waals surface area contributed by atoms with Crippen molar-refractivity contribution < 1.29 is 17.9 Å². The molecule has 0 amide bonds. The first-order valence-corrected chi connectivity index (χ1v) is 6.94. The van der Waals surface area contributed by atoms with E-state index < -0.39 is 16.0 Å². The molecule has 0 aliphatic carbocycles. The molecular formula is C9H13BrN2O4S. The number of sulfonamides is 1. The Kier molecular flexibility index (Phi) is 5.97. The Morgan fingerprint density at radius 3 is 2.41 bits per heavy atom. The predicted molar refractivity (Wildman–Crippen MR) is 68.4 cm³/mol. The van der Waals surface area contributed by atoms with E-state index in [1.807, 2.05) is 0 Å². The van der Waals surface area contributed by atoms with Crippen LogP contribution in [-0.4, -0.2) is 27.8 Å². The second kappa shape index (κ2) is 6.45. The Morgan fingerprint density at radius 1 is 1.53 bits per heavy atom. The van der Waals surface area contributed by atoms with Gasteiger partial charge in [-0.3, -0.25) is 4.72 Å². The van der Waals surface area contributed by atoms with Gasteiger partial charge in [0, 0.05) is 16.4 Å². The van der Waals surface area contributed by atoms with Crippen molar-refractivity contribution in [2.45, 2.75) is 0 Å². The minimum Gasteiger partial charge on any atom is -0.465 e. The average Bonchev–Trinajstić information content (AvgIpc) is 2.21. The molecule has 0 aliphatic heterocycles. The number of hydrogen-bond acceptors (Lipinski definition) is 5. The van der Waals surface area contributed by atoms with Crippen LogP contribution in [0.25, 0.3) is 0 Å². The number of ether oxygens (including phenoxy) is 1. The summed E-state index contributed by atoms with van der Waals surface area (Å²) < 4.78 is 28.8. The van der Waals surface area contributed by atoms with Crippen LogP contribution in [0.1, 0.15) is 0 Å². The summed E-state index contributed by atoms with van der Waals surface area (Å²) in [4.78, 5) is 11.4. The van der Waals surface area contributed by atoms with Gasteiger partial charge in [-0.1, -0.05) is 6.58 Å². The van der Waals surface area contributed by atoms with Crippen LogP contribution in [0, 0.1) is 0 Å². The van der Waals surface area contributed by atoms with Crippen LogP contribution in [0.15, 0.2) is 34.6 Å². The lowest BCUT2D eigenvalue weighted by molar-refractivity contribution is -0.135. The van der Waals surface area contributed by atoms with Crippen LogP contribution in [0.3, 0.4) is 0 Å². The van der Waals surface area contributed by atoms with Gasteiger partial charge in [0.25, 0.3) is 0 Å². The number of methoxy groups -OCH3 is 1. The first kappa shape index (κ1) is 15.7. The first-order chi connectivity index (χ1) is 7.71. The third-order valence-electron chi connectivity index (χ3n) is 1.44. The molecule has 0 radical (unpaired) electrons. The number of carbonyl (C=O) groups excluding carboxylic acids is 1. The molecule has 0 unspecified atom stereocenters. The third kappa shape index (κ3) is 6.12. The van der Waals surface area contributed by atoms with Crippen molar-refractivity contribution >= 4 is 31.9 Å². The van der Waals surface area contributed by atoms with Crippen LogP contribution >= 0.6 is 15.9 Å². The van der Waals surface area contributed by atoms with Gasteiger partial charge in [-0.25, -0.2) is 13.2 Å². The summed E-state index contributed by atoms with van der Waals surface area (Å²) >= 11 is 3.04. The van der Waals surface area contributed by atoms with Crippen molar-refractivity contribution in [2.75, 3.05) is 13.4 Å². The van der Waals surface area contributed by atoms with Crippen LogP contribution < -0.4 is 10.5 Å². The molecule has 8 heteroatoms. The number of allylic oxidation sites excluding steroid dienone is 1. The molecule has 0 aromatic carbocycles. The fourth-order valence-electron chi connectivity index (χ4n) is 0.867. The predicted octanol–water partition coefficient (Wildman–Crippen LogP) is 0.344. The van der Waals surface area contributed by atoms with Crippen molar-refractivity contribution in [3.05, 3.63) is 34.6 Å². The minimum absolute atomic E-state index is 0.0201. The molecular weight excluding hydrogens is 312 g/mol. The summed E-state index contributed by atoms with van der Waals surface area (Å²) in [6.07, 6.45) is 3.31. The first-order valence-electron chi connectivity index (χ1n) is 4.25. The number of rotatable bonds is 5. The molecule has 0 rings (SSSR count). The molecule has 0 aromatic rings. The van der Waals surface area contributed by atoms with Crippen LogP contribution in [0.4, 0.5) is 0 Å². The number of nitrogens with one attached hydrogen (secondary N) is 1. The molecule has 0 aliphatic rings. The molecule has 0 atom stereocenters. The highest BCUT2D eigenvalue weighted by atomic mass is 79.9. The second-order valence-corrected chi connectivity index (χ2v) is 5.57. The highest BCUT2D eigenvalue weighted by Gasteiger charge is 2.14. The Bertz CT molecular complexity index is 479. The van der Waals surface area contributed by atoms with Gasteiger partial charge >= 0.3 is 5.97 Å². The molecule has 17 heavy (non-hydrogen) atoms. The fraction of sp³-hybridized carbons (Fsp3) is 0.222. The minimum atomic E-state index is -3.45. The fourth-order valence-corrected chi connectivity index (χ4v) is 1.68. The summed E-state index contributed by atoms with van der Waals surface area (Å²) in [6.45, 7) is 3.45. The van der Waals surface area contributed by atoms with Gasteiger partial charge in [0.15, 0.2) is 0 Å². The summed E-state index contributed by atoms with van der Waals surface area (Å²) in [5, 5.41) is 0. The second-order valence-electron chi connectivity index (χ2n) is 2.96. The topological polar surface area (TPSA) is 98.5 Å². The highest BCUT2D eigenvalue weighted by Crippen LogP contribution is 2.18. The standard InChI is InChI=1S/C9H13BrN2O4S/c1-6(12-17(3,14)15)4-7(8(10)5-11)9(13)16-2/h4-5,12H,1,11H2,2-3H3/b7-4+,8-5+. The monoisotopic (exact) mass is 324 g/mol. The average molecular weight is 325 g/mol. The van der Waals surface area contributed by atoms with E-state index >= 15 is 0 Å². The van der Waals surface area contributed by atoms with Gasteiger partial charge < -0.3 is 10.5 Å². The molecule has 0 spiro atoms. The van der Waals surface area contributed by atoms with Gasteiger partial charge in [-0.15, -0.1) is 0 Å². The van der Waals surface area contributed by atoms with E-state index in [4.69, 9.17) is 5.73 Å². The summed E-state index contributed by atoms with van der Waals surface area (Å²) in [5.74, 6) is -0.671. The summed E-state index contributed by atoms with van der Waals surface area (Å²) in [7, 11) is -2.25. The van der Waals surface area contributed by atoms with Gasteiger partial charge in [0.1, 0.15) is 0 Å². The van der Waals surface area contributed by atoms with Gasteiger partial charge in [0.05, 0.1) is 18.9 Å². The van der Waals surface area contributed by atoms with Crippen LogP contribution in [-0.2, 0) is 19.6 Å². The van der Waals surface area contributed by atoms with Crippen molar-refractivity contribution in [3.8, 4) is 0 Å². The van der Waals surface area contributed by atoms with Gasteiger partial charge in [-0.2, -0.15) is 0 Å². The Balaban J connectivity index is 5.20. The number of halogens is 1. The van der Waals surface area contributed by atoms with Crippen LogP contribution in [0.2, 0.25) is 0 Å². The lowest BCUT2D eigenvalue weighted by atomic mass is 10.2. The molecule has 0 heterocycles. The van der Waals surface area contributed by atoms with E-state index in [9.17, 15) is 13.2 Å². The molecule has 0 saturated heterocycles. The SMILES string of the molecule is C=C(/C=C(C(=O)OC)\C(Br)=C/N)NS(C)(=O)=O. The number of esters is 1. The van der Waals surface area contributed by atoms with E-state index in [2.05, 4.69) is 32.0 Å². The quantitative estimate of drug-likeness (QED) is 0.432. The van der Waals surface area contributed by atoms with Crippen molar-refractivity contribution in [1.82, 2.24) is 4.72 Å². The maximum atomic E-state index is 11.4. The molecule has 0 saturated carbocycles. The molecule has 0 bridgehead atoms. The van der Waals surface area contributed by atoms with E-state index in [1.54, 1.807) is 0 Å². The normalized spacial score (nSPS) is 13.1. The van der Waals surface area contributed by atoms with E-state index in [0.29, 0.717) is 0 Å². The van der Waals surface area contributed by atoms with Gasteiger partial charge in [-0.05, 0) is 22.0 Å². The maximum Gasteiger partial charge on any atom is 0.339 e. The van der Waals surface area contributed by atoms with Crippen molar-refractivity contribution in [3.63, 3.8) is 0 Å². The zero-order valence-corrected chi connectivity index (χ0v) is 11.8. The number of hydrogen-bond donors (Lipinski definition) is 2. The Labute approximate surface area is 108 Å². The van der Waals surface area contributed by atoms with E-state index in [-0.39, 0.29) is 15.8 Å². The van der Waals surface area contributed by atoms with Gasteiger partial charge in [0.2, 0.25) is 10.0 Å². The molecule has 0 aromatic heterocycles. The third-order valence-corrected chi connectivity index (χ3v) is 2.77. The molecule has 0 fully saturated rings. The van der Waals surface area contributed by atoms with Crippen molar-refractivity contribution in [1.29, 1.82) is 0 Å². The zero-order chi connectivity index (χ0) is 13.6. The van der Waals surface area contributed by atoms with E-state index in [1.165, 1.54) is 13.2 Å².